The molecular weight excluding hydrogens is 427 g/mol. The summed E-state index contributed by atoms with van der Waals surface area (Å²) in [6, 6.07) is 0. The van der Waals surface area contributed by atoms with E-state index in [0.29, 0.717) is 0 Å². The molecule has 0 spiro atoms. The van der Waals surface area contributed by atoms with Gasteiger partial charge in [-0.3, -0.25) is 0 Å². The van der Waals surface area contributed by atoms with E-state index in [1.807, 2.05) is 13.8 Å². The summed E-state index contributed by atoms with van der Waals surface area (Å²) in [4.78, 5) is 0. The van der Waals surface area contributed by atoms with E-state index >= 15 is 0 Å². The normalized spacial score (nSPS) is 2.18. The third-order valence-corrected chi connectivity index (χ3v) is 0. The van der Waals surface area contributed by atoms with Crippen molar-refractivity contribution in [3.05, 3.63) is 0 Å². The van der Waals surface area contributed by atoms with Crippen molar-refractivity contribution in [3.8, 4) is 0 Å². The Bertz CT molecular complexity index is 14.5. The van der Waals surface area contributed by atoms with E-state index in [2.05, 4.69) is 13.8 Å². The summed E-state index contributed by atoms with van der Waals surface area (Å²) in [7, 11) is 0. The molecule has 0 aliphatic heterocycles. The Morgan fingerprint density at radius 1 is 0.727 bits per heavy atom. The Morgan fingerprint density at radius 3 is 0.727 bits per heavy atom. The van der Waals surface area contributed by atoms with Gasteiger partial charge >= 0.3 is 0 Å². The quantitative estimate of drug-likeness (QED) is 0.538. The summed E-state index contributed by atoms with van der Waals surface area (Å²) in [6.45, 7) is 8.25. The smallest absolute Gasteiger partial charge is 0 e. The Morgan fingerprint density at radius 2 is 0.727 bits per heavy atom. The Hall–Kier alpha value is 5.73. The van der Waals surface area contributed by atoms with Gasteiger partial charge in [-0.1, -0.05) is 41.5 Å². The maximum Gasteiger partial charge on any atom is 0 e. The molecule has 11 heavy (non-hydrogen) atoms. The fourth-order valence-electron chi connectivity index (χ4n) is 0. The molecule has 0 saturated carbocycles. The molecule has 5 heteroatoms. The molecule has 0 aromatic heterocycles. The van der Waals surface area contributed by atoms with Gasteiger partial charge in [0.05, 0.1) is 0 Å². The first-order valence-corrected chi connectivity index (χ1v) is 2.41. The minimum atomic E-state index is 0. The summed E-state index contributed by atoms with van der Waals surface area (Å²) in [6.07, 6.45) is 1.25. The van der Waals surface area contributed by atoms with E-state index in [1.54, 1.807) is 0 Å². The van der Waals surface area contributed by atoms with Crippen LogP contribution in [0.2, 0.25) is 0 Å². The fourth-order valence-corrected chi connectivity index (χ4v) is 0. The molecule has 0 amide bonds. The first-order chi connectivity index (χ1) is 2.41. The predicted octanol–water partition coefficient (Wildman–Crippen LogP) is 3.08. The molecule has 0 aromatic carbocycles. The van der Waals surface area contributed by atoms with Crippen molar-refractivity contribution in [1.29, 1.82) is 0 Å². The van der Waals surface area contributed by atoms with Gasteiger partial charge in [0.15, 0.2) is 0 Å². The van der Waals surface area contributed by atoms with Crippen LogP contribution in [-0.4, -0.2) is 0 Å². The van der Waals surface area contributed by atoms with Crippen molar-refractivity contribution in [2.24, 2.45) is 0 Å². The molecule has 0 aliphatic carbocycles. The van der Waals surface area contributed by atoms with Crippen LogP contribution >= 0.6 is 0 Å². The monoisotopic (exact) mass is 445 g/mol. The van der Waals surface area contributed by atoms with Crippen molar-refractivity contribution >= 4 is 0 Å². The van der Waals surface area contributed by atoms with Crippen molar-refractivity contribution in [2.45, 2.75) is 41.5 Å². The van der Waals surface area contributed by atoms with Gasteiger partial charge in [0, 0.05) is 172 Å². The second kappa shape index (κ2) is 75.4. The third-order valence-electron chi connectivity index (χ3n) is 0. The molecule has 0 atom stereocenters. The van der Waals surface area contributed by atoms with Crippen LogP contribution in [0.1, 0.15) is 41.5 Å². The largest absolute Gasteiger partial charge is 0.0776 e. The van der Waals surface area contributed by atoms with Crippen molar-refractivity contribution in [1.82, 2.24) is 0 Å². The second-order valence-electron chi connectivity index (χ2n) is 0.707. The molecule has 0 saturated heterocycles. The maximum atomic E-state index is 2.12. The summed E-state index contributed by atoms with van der Waals surface area (Å²) >= 11 is 0. The van der Waals surface area contributed by atoms with Crippen LogP contribution in [0.3, 0.4) is 0 Å². The van der Waals surface area contributed by atoms with Crippen LogP contribution in [0.4, 0.5) is 0 Å². The molecule has 0 bridgehead atoms. The second-order valence-corrected chi connectivity index (χ2v) is 0.707. The standard InChI is InChI=1S/C3H8.C2H6.CH4.4Ar.Pt/c1-3-2;1-2;;;;;;/h3H2,1-2H3;1-2H3;1H4;;;;;. The van der Waals surface area contributed by atoms with Crippen molar-refractivity contribution in [3.63, 3.8) is 0 Å². The van der Waals surface area contributed by atoms with E-state index in [-0.39, 0.29) is 179 Å². The number of rotatable bonds is 0. The van der Waals surface area contributed by atoms with Gasteiger partial charge in [0.1, 0.15) is 0 Å². The van der Waals surface area contributed by atoms with Crippen LogP contribution in [0.15, 0.2) is 0 Å². The molecular formula is C6H18Ar4Pt. The van der Waals surface area contributed by atoms with E-state index in [0.717, 1.165) is 0 Å². The van der Waals surface area contributed by atoms with Crippen LogP contribution in [0.25, 0.3) is 0 Å². The summed E-state index contributed by atoms with van der Waals surface area (Å²) < 4.78 is 0. The van der Waals surface area contributed by atoms with Crippen molar-refractivity contribution < 1.29 is 172 Å². The minimum Gasteiger partial charge on any atom is -0.0776 e. The molecule has 0 N–H and O–H groups in total. The maximum absolute atomic E-state index is 2.12. The van der Waals surface area contributed by atoms with E-state index in [9.17, 15) is 0 Å². The molecule has 0 aliphatic rings. The van der Waals surface area contributed by atoms with Crippen LogP contribution < -0.4 is 0 Å². The molecule has 0 radical (unpaired) electrons. The summed E-state index contributed by atoms with van der Waals surface area (Å²) in [5.74, 6) is 0. The zero-order valence-electron chi connectivity index (χ0n) is 6.44. The number of hydrogen-bond donors (Lipinski definition) is 0. The molecule has 0 rings (SSSR count). The van der Waals surface area contributed by atoms with Gasteiger partial charge in [0.25, 0.3) is 0 Å². The minimum absolute atomic E-state index is 0. The summed E-state index contributed by atoms with van der Waals surface area (Å²) in [5, 5.41) is 0. The van der Waals surface area contributed by atoms with Crippen molar-refractivity contribution in [2.75, 3.05) is 0 Å². The van der Waals surface area contributed by atoms with Gasteiger partial charge < -0.3 is 0 Å². The van der Waals surface area contributed by atoms with E-state index < -0.39 is 0 Å². The van der Waals surface area contributed by atoms with Crippen LogP contribution in [-0.2, 0) is 21.1 Å². The van der Waals surface area contributed by atoms with Gasteiger partial charge in [-0.05, 0) is 0 Å². The Labute approximate surface area is 207 Å². The van der Waals surface area contributed by atoms with Crippen LogP contribution in [0, 0.1) is 151 Å². The summed E-state index contributed by atoms with van der Waals surface area (Å²) in [5.41, 5.74) is 0. The van der Waals surface area contributed by atoms with Gasteiger partial charge in [-0.15, -0.1) is 0 Å². The SMILES string of the molecule is C.CC.CCC.[Ar].[Ar].[Ar].[Ar].[Pt]. The molecule has 0 aromatic rings. The average Bonchev–Trinajstić information content (AvgIpc) is 1.46. The van der Waals surface area contributed by atoms with Crippen LogP contribution in [0.5, 0.6) is 0 Å². The zero-order valence-corrected chi connectivity index (χ0v) is 11.5. The van der Waals surface area contributed by atoms with Gasteiger partial charge in [-0.2, -0.15) is 0 Å². The Balaban J connectivity index is -0.00000000181. The Kier molecular flexibility index (Phi) is 372. The molecule has 0 unspecified atom stereocenters. The average molecular weight is 445 g/mol. The molecule has 0 nitrogen and oxygen atoms in total. The topological polar surface area (TPSA) is 0 Å². The van der Waals surface area contributed by atoms with Gasteiger partial charge in [-0.25, -0.2) is 0 Å². The fraction of sp³-hybridized carbons (Fsp3) is 1.00. The first-order valence-electron chi connectivity index (χ1n) is 2.41. The number of hydrogen-bond acceptors (Lipinski definition) is 0. The molecule has 84 valence electrons. The van der Waals surface area contributed by atoms with E-state index in [1.165, 1.54) is 6.42 Å². The first kappa shape index (κ1) is 54.3. The predicted molar refractivity (Wildman–Crippen MR) is 34.0 cm³/mol. The zero-order chi connectivity index (χ0) is 4.71. The third kappa shape index (κ3) is 90.3. The molecule has 0 heterocycles. The van der Waals surface area contributed by atoms with E-state index in [4.69, 9.17) is 0 Å². The molecule has 0 fully saturated rings. The van der Waals surface area contributed by atoms with Gasteiger partial charge in [0.2, 0.25) is 0 Å².